The van der Waals surface area contributed by atoms with Crippen molar-refractivity contribution in [3.05, 3.63) is 77.9 Å². The van der Waals surface area contributed by atoms with Crippen LogP contribution in [-0.4, -0.2) is 108 Å². The molecule has 2 aliphatic rings. The zero-order chi connectivity index (χ0) is 29.4. The molecule has 222 valence electrons. The van der Waals surface area contributed by atoms with Gasteiger partial charge in [-0.2, -0.15) is 0 Å². The summed E-state index contributed by atoms with van der Waals surface area (Å²) in [6.07, 6.45) is 3.16. The number of piperazine rings is 2. The third-order valence-electron chi connectivity index (χ3n) is 8.31. The largest absolute Gasteiger partial charge is 0.508 e. The average Bonchev–Trinajstić information content (AvgIpc) is 2.96. The van der Waals surface area contributed by atoms with Crippen LogP contribution in [0.1, 0.15) is 61.1 Å². The molecule has 4 rings (SSSR count). The van der Waals surface area contributed by atoms with Crippen LogP contribution in [0.2, 0.25) is 0 Å². The van der Waals surface area contributed by atoms with E-state index in [1.54, 1.807) is 6.07 Å². The Balaban J connectivity index is 1.48. The molecule has 1 amide bonds. The van der Waals surface area contributed by atoms with Gasteiger partial charge in [0.2, 0.25) is 0 Å². The maximum absolute atomic E-state index is 13.6. The smallest absolute Gasteiger partial charge is 0.305 e. The predicted molar refractivity (Wildman–Crippen MR) is 162 cm³/mol. The maximum Gasteiger partial charge on any atom is 0.305 e. The van der Waals surface area contributed by atoms with Crippen LogP contribution in [0.5, 0.6) is 5.75 Å². The Morgan fingerprint density at radius 1 is 1.02 bits per heavy atom. The Bertz CT molecular complexity index is 1180. The molecule has 8 heteroatoms. The van der Waals surface area contributed by atoms with Crippen molar-refractivity contribution in [1.82, 2.24) is 19.6 Å². The topological polar surface area (TPSA) is 76.6 Å². The van der Waals surface area contributed by atoms with E-state index in [0.29, 0.717) is 37.7 Å². The van der Waals surface area contributed by atoms with Crippen molar-refractivity contribution in [3.8, 4) is 5.75 Å². The Morgan fingerprint density at radius 3 is 2.41 bits per heavy atom. The van der Waals surface area contributed by atoms with Gasteiger partial charge in [-0.1, -0.05) is 30.3 Å². The lowest BCUT2D eigenvalue weighted by Gasteiger charge is -2.47. The monoisotopic (exact) mass is 562 g/mol. The second kappa shape index (κ2) is 14.6. The van der Waals surface area contributed by atoms with Crippen molar-refractivity contribution in [3.63, 3.8) is 0 Å². The molecule has 2 heterocycles. The van der Waals surface area contributed by atoms with Gasteiger partial charge >= 0.3 is 5.97 Å². The molecule has 41 heavy (non-hydrogen) atoms. The Labute approximate surface area is 245 Å². The number of aromatic hydroxyl groups is 1. The van der Waals surface area contributed by atoms with Crippen molar-refractivity contribution in [1.29, 1.82) is 0 Å². The molecular formula is C33H46N4O4. The molecule has 2 aliphatic heterocycles. The molecule has 0 aromatic heterocycles. The fourth-order valence-corrected chi connectivity index (χ4v) is 6.15. The minimum atomic E-state index is -0.146. The first-order chi connectivity index (χ1) is 19.8. The minimum absolute atomic E-state index is 0.0462. The Kier molecular flexibility index (Phi) is 11.0. The first-order valence-corrected chi connectivity index (χ1v) is 15.0. The Hall–Kier alpha value is -3.20. The highest BCUT2D eigenvalue weighted by atomic mass is 16.5. The van der Waals surface area contributed by atoms with Crippen LogP contribution in [-0.2, 0) is 9.53 Å². The summed E-state index contributed by atoms with van der Waals surface area (Å²) in [5.41, 5.74) is 2.76. The summed E-state index contributed by atoms with van der Waals surface area (Å²) in [5.74, 6) is 0.142. The molecule has 0 spiro atoms. The van der Waals surface area contributed by atoms with Gasteiger partial charge in [-0.25, -0.2) is 0 Å². The van der Waals surface area contributed by atoms with Crippen LogP contribution in [0.4, 0.5) is 0 Å². The summed E-state index contributed by atoms with van der Waals surface area (Å²) in [6, 6.07) is 16.0. The summed E-state index contributed by atoms with van der Waals surface area (Å²) in [6.45, 7) is 17.1. The van der Waals surface area contributed by atoms with Gasteiger partial charge in [-0.15, -0.1) is 6.58 Å². The van der Waals surface area contributed by atoms with Gasteiger partial charge < -0.3 is 14.7 Å². The molecule has 2 aromatic rings. The second-order valence-electron chi connectivity index (χ2n) is 11.3. The summed E-state index contributed by atoms with van der Waals surface area (Å²) >= 11 is 0. The van der Waals surface area contributed by atoms with Crippen LogP contribution in [0.15, 0.2) is 61.2 Å². The molecule has 0 bridgehead atoms. The highest BCUT2D eigenvalue weighted by Crippen LogP contribution is 2.35. The fourth-order valence-electron chi connectivity index (χ4n) is 6.15. The van der Waals surface area contributed by atoms with E-state index < -0.39 is 0 Å². The zero-order valence-corrected chi connectivity index (χ0v) is 24.9. The summed E-state index contributed by atoms with van der Waals surface area (Å²) in [5, 5.41) is 10.4. The number of ether oxygens (including phenoxy) is 1. The van der Waals surface area contributed by atoms with E-state index >= 15 is 0 Å². The average molecular weight is 563 g/mol. The first kappa shape index (κ1) is 30.8. The number of hydrogen-bond acceptors (Lipinski definition) is 7. The normalized spacial score (nSPS) is 21.4. The van der Waals surface area contributed by atoms with E-state index in [0.717, 1.165) is 56.8 Å². The van der Waals surface area contributed by atoms with Gasteiger partial charge in [0.25, 0.3) is 5.91 Å². The van der Waals surface area contributed by atoms with Gasteiger partial charge in [-0.3, -0.25) is 24.3 Å². The van der Waals surface area contributed by atoms with Crippen molar-refractivity contribution < 1.29 is 19.4 Å². The number of benzene rings is 2. The van der Waals surface area contributed by atoms with Gasteiger partial charge in [0.1, 0.15) is 5.75 Å². The van der Waals surface area contributed by atoms with E-state index in [-0.39, 0.29) is 29.7 Å². The molecule has 0 unspecified atom stereocenters. The predicted octanol–water partition coefficient (Wildman–Crippen LogP) is 4.16. The fraction of sp³-hybridized carbons (Fsp3) is 0.515. The standard InChI is InChI=1S/C33H46N4O4/c1-5-15-36-23-26(4)37(24-25(36)3)32(28-11-8-13-30(38)22-28)27-10-7-12-29(21-27)33(40)35-19-17-34(18-20-35)16-9-14-31(39)41-6-2/h5,7-8,10-13,21-22,25-26,32,38H,1,6,9,14-20,23-24H2,2-4H3/t25-,26+,32-/m1/s1. The number of rotatable bonds is 11. The number of carbonyl (C=O) groups is 2. The van der Waals surface area contributed by atoms with Crippen molar-refractivity contribution in [2.24, 2.45) is 0 Å². The Morgan fingerprint density at radius 2 is 1.73 bits per heavy atom. The van der Waals surface area contributed by atoms with Crippen molar-refractivity contribution in [2.45, 2.75) is 51.7 Å². The van der Waals surface area contributed by atoms with Gasteiger partial charge in [0.15, 0.2) is 0 Å². The quantitative estimate of drug-likeness (QED) is 0.326. The van der Waals surface area contributed by atoms with Crippen molar-refractivity contribution in [2.75, 3.05) is 59.0 Å². The molecule has 2 saturated heterocycles. The molecule has 0 aliphatic carbocycles. The van der Waals surface area contributed by atoms with Crippen molar-refractivity contribution >= 4 is 11.9 Å². The summed E-state index contributed by atoms with van der Waals surface area (Å²) in [4.78, 5) is 34.4. The molecule has 8 nitrogen and oxygen atoms in total. The van der Waals surface area contributed by atoms with Gasteiger partial charge in [0, 0.05) is 69.9 Å². The number of esters is 1. The van der Waals surface area contributed by atoms with Crippen LogP contribution in [0.3, 0.4) is 0 Å². The maximum atomic E-state index is 13.6. The lowest BCUT2D eigenvalue weighted by Crippen LogP contribution is -2.57. The lowest BCUT2D eigenvalue weighted by atomic mass is 9.92. The van der Waals surface area contributed by atoms with Crippen LogP contribution < -0.4 is 0 Å². The zero-order valence-electron chi connectivity index (χ0n) is 24.9. The minimum Gasteiger partial charge on any atom is -0.508 e. The molecule has 3 atom stereocenters. The van der Waals surface area contributed by atoms with Crippen LogP contribution in [0.25, 0.3) is 0 Å². The van der Waals surface area contributed by atoms with Gasteiger partial charge in [-0.05, 0) is 69.1 Å². The van der Waals surface area contributed by atoms with Crippen LogP contribution >= 0.6 is 0 Å². The second-order valence-corrected chi connectivity index (χ2v) is 11.3. The lowest BCUT2D eigenvalue weighted by molar-refractivity contribution is -0.143. The highest BCUT2D eigenvalue weighted by Gasteiger charge is 2.35. The number of nitrogens with zero attached hydrogens (tertiary/aromatic N) is 4. The number of amides is 1. The molecule has 1 N–H and O–H groups in total. The number of phenolic OH excluding ortho intramolecular Hbond substituents is 1. The number of carbonyl (C=O) groups excluding carboxylic acids is 2. The number of phenols is 1. The van der Waals surface area contributed by atoms with E-state index in [2.05, 4.69) is 47.3 Å². The molecular weight excluding hydrogens is 516 g/mol. The molecule has 2 aromatic carbocycles. The van der Waals surface area contributed by atoms with E-state index in [1.807, 2.05) is 48.2 Å². The molecule has 2 fully saturated rings. The van der Waals surface area contributed by atoms with Crippen LogP contribution in [0, 0.1) is 0 Å². The summed E-state index contributed by atoms with van der Waals surface area (Å²) < 4.78 is 5.02. The molecule has 0 saturated carbocycles. The third kappa shape index (κ3) is 7.97. The number of hydrogen-bond donors (Lipinski definition) is 1. The summed E-state index contributed by atoms with van der Waals surface area (Å²) in [7, 11) is 0. The highest BCUT2D eigenvalue weighted by molar-refractivity contribution is 5.94. The molecule has 0 radical (unpaired) electrons. The van der Waals surface area contributed by atoms with E-state index in [4.69, 9.17) is 4.74 Å². The SMILES string of the molecule is C=CCN1C[C@H](C)N([C@@H](c2cccc(O)c2)c2cccc(C(=O)N3CCN(CCCC(=O)OCC)CC3)c2)C[C@H]1C. The van der Waals surface area contributed by atoms with Gasteiger partial charge in [0.05, 0.1) is 12.6 Å². The van der Waals surface area contributed by atoms with E-state index in [1.165, 1.54) is 0 Å². The first-order valence-electron chi connectivity index (χ1n) is 15.0. The third-order valence-corrected chi connectivity index (χ3v) is 8.31. The van der Waals surface area contributed by atoms with E-state index in [9.17, 15) is 14.7 Å².